The van der Waals surface area contributed by atoms with Gasteiger partial charge in [-0.05, 0) is 60.8 Å². The van der Waals surface area contributed by atoms with E-state index in [0.29, 0.717) is 23.0 Å². The lowest BCUT2D eigenvalue weighted by Crippen LogP contribution is -1.98. The fourth-order valence-electron chi connectivity index (χ4n) is 3.01. The molecule has 0 radical (unpaired) electrons. The van der Waals surface area contributed by atoms with Crippen LogP contribution in [0.15, 0.2) is 60.7 Å². The third kappa shape index (κ3) is 8.94. The quantitative estimate of drug-likeness (QED) is 0.382. The van der Waals surface area contributed by atoms with Crippen LogP contribution in [-0.4, -0.2) is 0 Å². The van der Waals surface area contributed by atoms with Crippen LogP contribution in [0.5, 0.6) is 0 Å². The van der Waals surface area contributed by atoms with Crippen LogP contribution < -0.4 is 0 Å². The largest absolute Gasteiger partial charge is 0.203 e. The molecule has 0 N–H and O–H groups in total. The minimum Gasteiger partial charge on any atom is -0.203 e. The van der Waals surface area contributed by atoms with Crippen molar-refractivity contribution < 1.29 is 8.78 Å². The Morgan fingerprint density at radius 1 is 0.469 bits per heavy atom. The molecule has 0 spiro atoms. The molecule has 0 aliphatic heterocycles. The van der Waals surface area contributed by atoms with Crippen LogP contribution in [0.2, 0.25) is 0 Å². The molecule has 0 fully saturated rings. The van der Waals surface area contributed by atoms with Gasteiger partial charge in [0.25, 0.3) is 0 Å². The molecule has 0 nitrogen and oxygen atoms in total. The molecule has 3 aromatic carbocycles. The summed E-state index contributed by atoms with van der Waals surface area (Å²) in [5.41, 5.74) is 6.32. The second-order valence-electron chi connectivity index (χ2n) is 9.39. The van der Waals surface area contributed by atoms with Crippen molar-refractivity contribution in [2.45, 2.75) is 80.1 Å². The van der Waals surface area contributed by atoms with Gasteiger partial charge in [-0.1, -0.05) is 113 Å². The second kappa shape index (κ2) is 13.2. The van der Waals surface area contributed by atoms with Gasteiger partial charge in [-0.15, -0.1) is 0 Å². The van der Waals surface area contributed by atoms with Crippen LogP contribution in [0, 0.1) is 32.4 Å². The zero-order chi connectivity index (χ0) is 24.4. The molecule has 0 unspecified atom stereocenters. The van der Waals surface area contributed by atoms with Crippen molar-refractivity contribution in [3.05, 3.63) is 106 Å². The highest BCUT2D eigenvalue weighted by molar-refractivity contribution is 5.27. The van der Waals surface area contributed by atoms with Gasteiger partial charge in [0.2, 0.25) is 0 Å². The van der Waals surface area contributed by atoms with Crippen molar-refractivity contribution in [1.82, 2.24) is 0 Å². The summed E-state index contributed by atoms with van der Waals surface area (Å²) >= 11 is 0. The highest BCUT2D eigenvalue weighted by Gasteiger charge is 2.12. The maximum atomic E-state index is 13.1. The van der Waals surface area contributed by atoms with Gasteiger partial charge in [0, 0.05) is 0 Å². The van der Waals surface area contributed by atoms with Gasteiger partial charge in [-0.3, -0.25) is 0 Å². The first-order chi connectivity index (χ1) is 14.9. The van der Waals surface area contributed by atoms with Gasteiger partial charge in [-0.25, -0.2) is 8.78 Å². The molecule has 3 aromatic rings. The molecule has 0 saturated heterocycles. The second-order valence-corrected chi connectivity index (χ2v) is 9.39. The molecule has 174 valence electrons. The fraction of sp³-hybridized carbons (Fsp3) is 0.400. The lowest BCUT2D eigenvalue weighted by molar-refractivity contribution is 0.489. The van der Waals surface area contributed by atoms with Crippen molar-refractivity contribution in [1.29, 1.82) is 0 Å². The molecule has 3 rings (SSSR count). The Hall–Kier alpha value is -2.48. The highest BCUT2D eigenvalue weighted by atomic mass is 19.2. The van der Waals surface area contributed by atoms with Crippen LogP contribution in [-0.2, 0) is 0 Å². The molecule has 0 heterocycles. The van der Waals surface area contributed by atoms with Gasteiger partial charge >= 0.3 is 0 Å². The Bertz CT molecular complexity index is 884. The standard InChI is InChI=1S/C10H12F2.2C10H14/c1-6(2)8-5-4-7(3)9(11)10(8)12;2*1-8(2)10-6-4-9(3)5-7-10/h4-6H,1-3H3;2*4-8H,1-3H3. The predicted molar refractivity (Wildman–Crippen MR) is 136 cm³/mol. The van der Waals surface area contributed by atoms with Gasteiger partial charge in [0.05, 0.1) is 0 Å². The Kier molecular flexibility index (Phi) is 11.3. The van der Waals surface area contributed by atoms with Crippen molar-refractivity contribution in [2.24, 2.45) is 0 Å². The third-order valence-corrected chi connectivity index (χ3v) is 5.42. The van der Waals surface area contributed by atoms with Gasteiger partial charge in [0.15, 0.2) is 11.6 Å². The number of hydrogen-bond donors (Lipinski definition) is 0. The third-order valence-electron chi connectivity index (χ3n) is 5.42. The minimum atomic E-state index is -0.721. The van der Waals surface area contributed by atoms with Crippen LogP contribution >= 0.6 is 0 Å². The van der Waals surface area contributed by atoms with E-state index in [-0.39, 0.29) is 5.92 Å². The summed E-state index contributed by atoms with van der Waals surface area (Å²) in [6.07, 6.45) is 0. The monoisotopic (exact) mass is 438 g/mol. The maximum Gasteiger partial charge on any atom is 0.162 e. The number of aryl methyl sites for hydroxylation is 3. The van der Waals surface area contributed by atoms with Crippen LogP contribution in [0.4, 0.5) is 8.78 Å². The summed E-state index contributed by atoms with van der Waals surface area (Å²) in [7, 11) is 0. The minimum absolute atomic E-state index is 0.0279. The average Bonchev–Trinajstić information content (AvgIpc) is 2.73. The normalized spacial score (nSPS) is 10.6. The van der Waals surface area contributed by atoms with Crippen LogP contribution in [0.25, 0.3) is 0 Å². The number of benzene rings is 3. The first-order valence-corrected chi connectivity index (χ1v) is 11.5. The summed E-state index contributed by atoms with van der Waals surface area (Å²) in [6.45, 7) is 18.3. The molecular formula is C30H40F2. The van der Waals surface area contributed by atoms with Crippen LogP contribution in [0.3, 0.4) is 0 Å². The molecular weight excluding hydrogens is 398 g/mol. The van der Waals surface area contributed by atoms with Crippen molar-refractivity contribution >= 4 is 0 Å². The van der Waals surface area contributed by atoms with Gasteiger partial charge < -0.3 is 0 Å². The van der Waals surface area contributed by atoms with E-state index in [0.717, 1.165) is 0 Å². The Balaban J connectivity index is 0.000000241. The van der Waals surface area contributed by atoms with E-state index < -0.39 is 11.6 Å². The SMILES string of the molecule is Cc1ccc(C(C)C)c(F)c1F.Cc1ccc(C(C)C)cc1.Cc1ccc(C(C)C)cc1. The summed E-state index contributed by atoms with van der Waals surface area (Å²) in [5, 5.41) is 0. The molecule has 0 amide bonds. The van der Waals surface area contributed by atoms with Crippen molar-refractivity contribution in [2.75, 3.05) is 0 Å². The van der Waals surface area contributed by atoms with Crippen molar-refractivity contribution in [3.8, 4) is 0 Å². The first kappa shape index (κ1) is 27.6. The summed E-state index contributed by atoms with van der Waals surface area (Å²) in [5.74, 6) is -0.0903. The Morgan fingerprint density at radius 3 is 1.16 bits per heavy atom. The first-order valence-electron chi connectivity index (χ1n) is 11.5. The fourth-order valence-corrected chi connectivity index (χ4v) is 3.01. The smallest absolute Gasteiger partial charge is 0.162 e. The van der Waals surface area contributed by atoms with Gasteiger partial charge in [-0.2, -0.15) is 0 Å². The lowest BCUT2D eigenvalue weighted by atomic mass is 10.0. The molecule has 32 heavy (non-hydrogen) atoms. The summed E-state index contributed by atoms with van der Waals surface area (Å²) in [6, 6.07) is 20.7. The van der Waals surface area contributed by atoms with E-state index in [9.17, 15) is 8.78 Å². The Labute approximate surface area is 194 Å². The lowest BCUT2D eigenvalue weighted by Gasteiger charge is -2.08. The molecule has 0 atom stereocenters. The molecule has 0 aromatic heterocycles. The predicted octanol–water partition coefficient (Wildman–Crippen LogP) is 9.63. The summed E-state index contributed by atoms with van der Waals surface area (Å²) < 4.78 is 26.1. The Morgan fingerprint density at radius 2 is 0.844 bits per heavy atom. The maximum absolute atomic E-state index is 13.1. The van der Waals surface area contributed by atoms with E-state index in [1.165, 1.54) is 22.3 Å². The molecule has 0 aliphatic rings. The number of halogens is 2. The number of hydrogen-bond acceptors (Lipinski definition) is 0. The number of rotatable bonds is 3. The van der Waals surface area contributed by atoms with E-state index >= 15 is 0 Å². The van der Waals surface area contributed by atoms with Crippen LogP contribution in [0.1, 0.15) is 92.7 Å². The topological polar surface area (TPSA) is 0 Å². The van der Waals surface area contributed by atoms with E-state index in [1.807, 2.05) is 13.8 Å². The molecule has 0 saturated carbocycles. The van der Waals surface area contributed by atoms with E-state index in [4.69, 9.17) is 0 Å². The average molecular weight is 439 g/mol. The zero-order valence-electron chi connectivity index (χ0n) is 21.3. The van der Waals surface area contributed by atoms with E-state index in [2.05, 4.69) is 90.1 Å². The van der Waals surface area contributed by atoms with Gasteiger partial charge in [0.1, 0.15) is 0 Å². The van der Waals surface area contributed by atoms with Crippen molar-refractivity contribution in [3.63, 3.8) is 0 Å². The molecule has 0 aliphatic carbocycles. The zero-order valence-corrected chi connectivity index (χ0v) is 21.3. The highest BCUT2D eigenvalue weighted by Crippen LogP contribution is 2.22. The molecule has 2 heteroatoms. The van der Waals surface area contributed by atoms with E-state index in [1.54, 1.807) is 19.1 Å². The molecule has 0 bridgehead atoms. The summed E-state index contributed by atoms with van der Waals surface area (Å²) in [4.78, 5) is 0.